The van der Waals surface area contributed by atoms with E-state index in [0.717, 1.165) is 17.2 Å². The van der Waals surface area contributed by atoms with Gasteiger partial charge in [-0.15, -0.1) is 22.7 Å². The van der Waals surface area contributed by atoms with Crippen molar-refractivity contribution in [3.05, 3.63) is 32.9 Å². The molecule has 0 saturated carbocycles. The molecule has 5 heteroatoms. The number of hydrogen-bond acceptors (Lipinski definition) is 5. The predicted octanol–water partition coefficient (Wildman–Crippen LogP) is 2.81. The number of rotatable bonds is 4. The lowest BCUT2D eigenvalue weighted by molar-refractivity contribution is 0.401. The molecule has 0 aliphatic rings. The summed E-state index contributed by atoms with van der Waals surface area (Å²) in [4.78, 5) is 5.52. The predicted molar refractivity (Wildman–Crippen MR) is 70.7 cm³/mol. The molecule has 0 fully saturated rings. The summed E-state index contributed by atoms with van der Waals surface area (Å²) in [7, 11) is 0. The van der Waals surface area contributed by atoms with Crippen molar-refractivity contribution in [2.45, 2.75) is 25.9 Å². The quantitative estimate of drug-likeness (QED) is 0.881. The molecule has 3 nitrogen and oxygen atoms in total. The molecule has 2 rings (SSSR count). The number of nitrogen functional groups attached to an aromatic ring is 1. The third kappa shape index (κ3) is 2.42. The van der Waals surface area contributed by atoms with E-state index in [1.165, 1.54) is 4.88 Å². The van der Waals surface area contributed by atoms with Crippen LogP contribution in [0.3, 0.4) is 0 Å². The van der Waals surface area contributed by atoms with E-state index in [1.807, 2.05) is 23.0 Å². The maximum atomic E-state index is 5.85. The Labute approximate surface area is 103 Å². The van der Waals surface area contributed by atoms with E-state index in [9.17, 15) is 0 Å². The van der Waals surface area contributed by atoms with Crippen LogP contribution in [0.15, 0.2) is 23.0 Å². The molecule has 2 heterocycles. The van der Waals surface area contributed by atoms with Crippen LogP contribution >= 0.6 is 22.7 Å². The van der Waals surface area contributed by atoms with Gasteiger partial charge < -0.3 is 11.1 Å². The monoisotopic (exact) mass is 253 g/mol. The minimum absolute atomic E-state index is 0.107. The summed E-state index contributed by atoms with van der Waals surface area (Å²) in [5.41, 5.74) is 6.61. The normalized spacial score (nSPS) is 11.9. The fraction of sp³-hybridized carbons (Fsp3) is 0.364. The summed E-state index contributed by atoms with van der Waals surface area (Å²) in [6, 6.07) is 1.94. The minimum atomic E-state index is -0.107. The summed E-state index contributed by atoms with van der Waals surface area (Å²) in [5.74, 6) is 0. The van der Waals surface area contributed by atoms with Gasteiger partial charge in [0.25, 0.3) is 0 Å². The van der Waals surface area contributed by atoms with Gasteiger partial charge in [0.15, 0.2) is 0 Å². The smallest absolute Gasteiger partial charge is 0.112 e. The Morgan fingerprint density at radius 1 is 1.38 bits per heavy atom. The molecule has 0 aliphatic heterocycles. The van der Waals surface area contributed by atoms with Crippen LogP contribution in [-0.2, 0) is 12.1 Å². The Morgan fingerprint density at radius 3 is 2.75 bits per heavy atom. The molecule has 16 heavy (non-hydrogen) atoms. The van der Waals surface area contributed by atoms with E-state index in [-0.39, 0.29) is 5.54 Å². The van der Waals surface area contributed by atoms with E-state index in [0.29, 0.717) is 0 Å². The zero-order valence-electron chi connectivity index (χ0n) is 9.36. The van der Waals surface area contributed by atoms with Crippen LogP contribution in [0.4, 0.5) is 5.69 Å². The zero-order chi connectivity index (χ0) is 11.6. The molecule has 0 amide bonds. The van der Waals surface area contributed by atoms with Gasteiger partial charge in [0.2, 0.25) is 0 Å². The van der Waals surface area contributed by atoms with Gasteiger partial charge in [-0.05, 0) is 25.3 Å². The van der Waals surface area contributed by atoms with Gasteiger partial charge in [0.1, 0.15) is 5.01 Å². The van der Waals surface area contributed by atoms with Gasteiger partial charge >= 0.3 is 0 Å². The number of hydrogen-bond donors (Lipinski definition) is 2. The van der Waals surface area contributed by atoms with Crippen molar-refractivity contribution in [1.29, 1.82) is 0 Å². The van der Waals surface area contributed by atoms with Gasteiger partial charge in [0, 0.05) is 28.7 Å². The number of thiophene rings is 1. The molecule has 0 saturated heterocycles. The highest BCUT2D eigenvalue weighted by molar-refractivity contribution is 7.10. The third-order valence-electron chi connectivity index (χ3n) is 2.44. The molecule has 2 aromatic rings. The Balaban J connectivity index is 2.03. The van der Waals surface area contributed by atoms with Gasteiger partial charge in [-0.25, -0.2) is 4.98 Å². The molecule has 0 bridgehead atoms. The number of thiazole rings is 1. The number of aromatic nitrogens is 1. The highest BCUT2D eigenvalue weighted by Crippen LogP contribution is 2.24. The van der Waals surface area contributed by atoms with E-state index in [2.05, 4.69) is 24.1 Å². The first kappa shape index (κ1) is 11.6. The number of nitrogens with one attached hydrogen (secondary N) is 1. The lowest BCUT2D eigenvalue weighted by Crippen LogP contribution is -2.35. The van der Waals surface area contributed by atoms with Gasteiger partial charge in [-0.1, -0.05) is 0 Å². The zero-order valence-corrected chi connectivity index (χ0v) is 11.0. The van der Waals surface area contributed by atoms with Crippen LogP contribution < -0.4 is 11.1 Å². The molecular weight excluding hydrogens is 238 g/mol. The minimum Gasteiger partial charge on any atom is -0.398 e. The lowest BCUT2D eigenvalue weighted by Gasteiger charge is -2.23. The maximum Gasteiger partial charge on any atom is 0.112 e. The lowest BCUT2D eigenvalue weighted by atomic mass is 10.1. The van der Waals surface area contributed by atoms with Crippen molar-refractivity contribution in [3.8, 4) is 0 Å². The molecule has 0 aromatic carbocycles. The Bertz CT molecular complexity index is 446. The molecule has 0 aliphatic carbocycles. The van der Waals surface area contributed by atoms with Crippen LogP contribution in [0, 0.1) is 0 Å². The first-order valence-corrected chi connectivity index (χ1v) is 6.82. The summed E-state index contributed by atoms with van der Waals surface area (Å²) in [5, 5.41) is 8.60. The summed E-state index contributed by atoms with van der Waals surface area (Å²) in [6.07, 6.45) is 1.84. The van der Waals surface area contributed by atoms with Crippen LogP contribution in [-0.4, -0.2) is 4.98 Å². The van der Waals surface area contributed by atoms with Gasteiger partial charge in [-0.3, -0.25) is 0 Å². The second-order valence-corrected chi connectivity index (χ2v) is 6.01. The second-order valence-electron chi connectivity index (χ2n) is 4.11. The Hall–Kier alpha value is -0.910. The van der Waals surface area contributed by atoms with Crippen LogP contribution in [0.25, 0.3) is 0 Å². The fourth-order valence-electron chi connectivity index (χ4n) is 1.40. The highest BCUT2D eigenvalue weighted by Gasteiger charge is 2.22. The van der Waals surface area contributed by atoms with E-state index in [1.54, 1.807) is 22.7 Å². The molecule has 0 unspecified atom stereocenters. The number of nitrogens with zero attached hydrogens (tertiary/aromatic N) is 1. The van der Waals surface area contributed by atoms with E-state index >= 15 is 0 Å². The molecule has 2 aromatic heterocycles. The number of nitrogens with two attached hydrogens (primary N) is 1. The summed E-state index contributed by atoms with van der Waals surface area (Å²) in [6.45, 7) is 5.06. The van der Waals surface area contributed by atoms with Gasteiger partial charge in [-0.2, -0.15) is 0 Å². The van der Waals surface area contributed by atoms with Crippen molar-refractivity contribution in [3.63, 3.8) is 0 Å². The molecule has 0 radical (unpaired) electrons. The third-order valence-corrected chi connectivity index (χ3v) is 4.47. The SMILES string of the molecule is CC(C)(NCc1sccc1N)c1nccs1. The average Bonchev–Trinajstić information content (AvgIpc) is 2.85. The molecule has 3 N–H and O–H groups in total. The second kappa shape index (κ2) is 4.53. The average molecular weight is 253 g/mol. The van der Waals surface area contributed by atoms with Crippen molar-refractivity contribution >= 4 is 28.4 Å². The van der Waals surface area contributed by atoms with Crippen LogP contribution in [0.5, 0.6) is 0 Å². The van der Waals surface area contributed by atoms with Crippen molar-refractivity contribution in [1.82, 2.24) is 10.3 Å². The van der Waals surface area contributed by atoms with E-state index in [4.69, 9.17) is 5.73 Å². The summed E-state index contributed by atoms with van der Waals surface area (Å²) >= 11 is 3.35. The fourth-order valence-corrected chi connectivity index (χ4v) is 2.88. The van der Waals surface area contributed by atoms with E-state index < -0.39 is 0 Å². The Kier molecular flexibility index (Phi) is 3.28. The van der Waals surface area contributed by atoms with Crippen molar-refractivity contribution in [2.24, 2.45) is 0 Å². The Morgan fingerprint density at radius 2 is 2.19 bits per heavy atom. The topological polar surface area (TPSA) is 50.9 Å². The van der Waals surface area contributed by atoms with Crippen LogP contribution in [0.2, 0.25) is 0 Å². The van der Waals surface area contributed by atoms with Crippen LogP contribution in [0.1, 0.15) is 23.7 Å². The summed E-state index contributed by atoms with van der Waals surface area (Å²) < 4.78 is 0. The molecule has 86 valence electrons. The molecular formula is C11H15N3S2. The highest BCUT2D eigenvalue weighted by atomic mass is 32.1. The van der Waals surface area contributed by atoms with Crippen molar-refractivity contribution in [2.75, 3.05) is 5.73 Å². The number of anilines is 1. The van der Waals surface area contributed by atoms with Crippen molar-refractivity contribution < 1.29 is 0 Å². The molecule has 0 atom stereocenters. The first-order valence-electron chi connectivity index (χ1n) is 5.06. The maximum absolute atomic E-state index is 5.85. The standard InChI is InChI=1S/C11H15N3S2/c1-11(2,10-13-4-6-16-10)14-7-9-8(12)3-5-15-9/h3-6,14H,7,12H2,1-2H3. The van der Waals surface area contributed by atoms with Gasteiger partial charge in [0.05, 0.1) is 5.54 Å². The first-order chi connectivity index (χ1) is 7.59. The largest absolute Gasteiger partial charge is 0.398 e. The molecule has 0 spiro atoms.